The lowest BCUT2D eigenvalue weighted by molar-refractivity contribution is -0.121. The maximum absolute atomic E-state index is 12.1. The maximum Gasteiger partial charge on any atom is 0.221 e. The van der Waals surface area contributed by atoms with Crippen molar-refractivity contribution in [2.75, 3.05) is 12.0 Å². The van der Waals surface area contributed by atoms with Crippen LogP contribution in [0.4, 0.5) is 0 Å². The second-order valence-electron chi connectivity index (χ2n) is 6.02. The molecule has 1 aliphatic rings. The Morgan fingerprint density at radius 1 is 1.27 bits per heavy atom. The molecule has 0 aliphatic heterocycles. The van der Waals surface area contributed by atoms with Crippen LogP contribution < -0.4 is 5.32 Å². The fourth-order valence-corrected chi connectivity index (χ4v) is 3.64. The quantitative estimate of drug-likeness (QED) is 0.863. The van der Waals surface area contributed by atoms with Crippen LogP contribution in [0.15, 0.2) is 24.3 Å². The fraction of sp³-hybridized carbons (Fsp3) is 0.562. The van der Waals surface area contributed by atoms with Crippen LogP contribution in [0.1, 0.15) is 43.7 Å². The Morgan fingerprint density at radius 3 is 2.41 bits per heavy atom. The van der Waals surface area contributed by atoms with Crippen molar-refractivity contribution in [1.29, 1.82) is 0 Å². The first-order valence-corrected chi connectivity index (χ1v) is 10.0. The monoisotopic (exact) mass is 343 g/mol. The molecule has 122 valence electrons. The second-order valence-corrected chi connectivity index (χ2v) is 8.72. The molecule has 1 saturated carbocycles. The Balaban J connectivity index is 2.07. The van der Waals surface area contributed by atoms with Crippen molar-refractivity contribution in [2.24, 2.45) is 5.92 Å². The van der Waals surface area contributed by atoms with E-state index in [4.69, 9.17) is 11.6 Å². The van der Waals surface area contributed by atoms with E-state index in [9.17, 15) is 13.2 Å². The molecule has 6 heteroatoms. The van der Waals surface area contributed by atoms with Gasteiger partial charge in [-0.3, -0.25) is 4.79 Å². The molecule has 1 aromatic rings. The molecule has 0 spiro atoms. The lowest BCUT2D eigenvalue weighted by atomic mass is 9.91. The predicted molar refractivity (Wildman–Crippen MR) is 88.6 cm³/mol. The minimum atomic E-state index is -3.12. The number of sulfone groups is 1. The number of amides is 1. The molecule has 1 aliphatic carbocycles. The van der Waals surface area contributed by atoms with Gasteiger partial charge in [0.1, 0.15) is 9.84 Å². The third-order valence-electron chi connectivity index (χ3n) is 4.12. The van der Waals surface area contributed by atoms with Crippen molar-refractivity contribution in [1.82, 2.24) is 5.32 Å². The molecule has 0 radical (unpaired) electrons. The summed E-state index contributed by atoms with van der Waals surface area (Å²) in [5.41, 5.74) is 1.03. The summed E-state index contributed by atoms with van der Waals surface area (Å²) < 4.78 is 22.4. The molecule has 2 rings (SSSR count). The van der Waals surface area contributed by atoms with E-state index >= 15 is 0 Å². The molecule has 1 amide bonds. The van der Waals surface area contributed by atoms with Crippen LogP contribution in [0.3, 0.4) is 0 Å². The number of nitrogens with one attached hydrogen (secondary N) is 1. The summed E-state index contributed by atoms with van der Waals surface area (Å²) in [5, 5.41) is 3.69. The van der Waals surface area contributed by atoms with Gasteiger partial charge in [-0.05, 0) is 36.5 Å². The lowest BCUT2D eigenvalue weighted by Gasteiger charge is -2.25. The Hall–Kier alpha value is -1.07. The zero-order valence-corrected chi connectivity index (χ0v) is 14.3. The standard InChI is InChI=1S/C16H22ClNO3S/c1-22(20,21)11-10-15(19)18-16(12-4-2-3-5-12)13-6-8-14(17)9-7-13/h6-9,12,16H,2-5,10-11H2,1H3,(H,18,19)/t16-/m0/s1. The summed E-state index contributed by atoms with van der Waals surface area (Å²) in [5.74, 6) is 0.0808. The van der Waals surface area contributed by atoms with Gasteiger partial charge < -0.3 is 5.32 Å². The number of carbonyl (C=O) groups excluding carboxylic acids is 1. The van der Waals surface area contributed by atoms with Gasteiger partial charge in [0.15, 0.2) is 0 Å². The minimum Gasteiger partial charge on any atom is -0.349 e. The van der Waals surface area contributed by atoms with Crippen LogP contribution in [0, 0.1) is 5.92 Å². The van der Waals surface area contributed by atoms with E-state index in [0.29, 0.717) is 10.9 Å². The highest BCUT2D eigenvalue weighted by Gasteiger charge is 2.27. The highest BCUT2D eigenvalue weighted by atomic mass is 35.5. The molecule has 0 aromatic heterocycles. The minimum absolute atomic E-state index is 0.00957. The summed E-state index contributed by atoms with van der Waals surface area (Å²) in [7, 11) is -3.12. The molecule has 1 N–H and O–H groups in total. The van der Waals surface area contributed by atoms with Crippen LogP contribution in [0.2, 0.25) is 5.02 Å². The third kappa shape index (κ3) is 5.29. The SMILES string of the molecule is CS(=O)(=O)CCC(=O)N[C@H](c1ccc(Cl)cc1)C1CCCC1. The Morgan fingerprint density at radius 2 is 1.86 bits per heavy atom. The van der Waals surface area contributed by atoms with Crippen molar-refractivity contribution in [2.45, 2.75) is 38.1 Å². The van der Waals surface area contributed by atoms with Crippen LogP contribution in [0.5, 0.6) is 0 Å². The van der Waals surface area contributed by atoms with Gasteiger partial charge in [-0.25, -0.2) is 8.42 Å². The first-order chi connectivity index (χ1) is 10.3. The predicted octanol–water partition coefficient (Wildman–Crippen LogP) is 3.12. The first kappa shape index (κ1) is 17.3. The van der Waals surface area contributed by atoms with Crippen molar-refractivity contribution in [3.63, 3.8) is 0 Å². The number of halogens is 1. The zero-order valence-electron chi connectivity index (χ0n) is 12.7. The maximum atomic E-state index is 12.1. The van der Waals surface area contributed by atoms with Gasteiger partial charge in [0.05, 0.1) is 11.8 Å². The number of benzene rings is 1. The molecule has 22 heavy (non-hydrogen) atoms. The smallest absolute Gasteiger partial charge is 0.221 e. The second kappa shape index (κ2) is 7.47. The molecule has 0 heterocycles. The molecule has 0 bridgehead atoms. The van der Waals surface area contributed by atoms with Crippen molar-refractivity contribution in [3.8, 4) is 0 Å². The van der Waals surface area contributed by atoms with Crippen LogP contribution in [-0.2, 0) is 14.6 Å². The van der Waals surface area contributed by atoms with Gasteiger partial charge in [0.2, 0.25) is 5.91 Å². The molecule has 0 unspecified atom stereocenters. The normalized spacial score (nSPS) is 17.4. The van der Waals surface area contributed by atoms with Gasteiger partial charge >= 0.3 is 0 Å². The highest BCUT2D eigenvalue weighted by Crippen LogP contribution is 2.36. The van der Waals surface area contributed by atoms with E-state index in [1.54, 1.807) is 0 Å². The van der Waals surface area contributed by atoms with Crippen LogP contribution in [0.25, 0.3) is 0 Å². The van der Waals surface area contributed by atoms with E-state index in [1.807, 2.05) is 24.3 Å². The summed E-state index contributed by atoms with van der Waals surface area (Å²) in [4.78, 5) is 12.1. The number of hydrogen-bond acceptors (Lipinski definition) is 3. The third-order valence-corrected chi connectivity index (χ3v) is 5.31. The first-order valence-electron chi connectivity index (χ1n) is 7.58. The van der Waals surface area contributed by atoms with Crippen molar-refractivity contribution < 1.29 is 13.2 Å². The number of carbonyl (C=O) groups is 1. The van der Waals surface area contributed by atoms with E-state index in [2.05, 4.69) is 5.32 Å². The Bertz CT molecular complexity index is 607. The zero-order chi connectivity index (χ0) is 16.2. The summed E-state index contributed by atoms with van der Waals surface area (Å²) in [6.07, 6.45) is 5.67. The summed E-state index contributed by atoms with van der Waals surface area (Å²) in [6, 6.07) is 7.44. The average Bonchev–Trinajstić information content (AvgIpc) is 2.97. The molecule has 1 aromatic carbocycles. The van der Waals surface area contributed by atoms with Gasteiger partial charge in [-0.15, -0.1) is 0 Å². The Kier molecular flexibility index (Phi) is 5.87. The molecule has 1 fully saturated rings. The van der Waals surface area contributed by atoms with Gasteiger partial charge in [-0.1, -0.05) is 36.6 Å². The molecule has 0 saturated heterocycles. The van der Waals surface area contributed by atoms with Gasteiger partial charge in [0, 0.05) is 17.7 Å². The Labute approximate surface area is 137 Å². The molecular formula is C16H22ClNO3S. The van der Waals surface area contributed by atoms with E-state index in [1.165, 1.54) is 12.8 Å². The molecule has 1 atom stereocenters. The number of hydrogen-bond donors (Lipinski definition) is 1. The van der Waals surface area contributed by atoms with Gasteiger partial charge in [0.25, 0.3) is 0 Å². The van der Waals surface area contributed by atoms with Crippen molar-refractivity contribution >= 4 is 27.3 Å². The topological polar surface area (TPSA) is 63.2 Å². The van der Waals surface area contributed by atoms with E-state index in [0.717, 1.165) is 24.7 Å². The lowest BCUT2D eigenvalue weighted by Crippen LogP contribution is -2.33. The van der Waals surface area contributed by atoms with E-state index in [-0.39, 0.29) is 24.1 Å². The molecule has 4 nitrogen and oxygen atoms in total. The average molecular weight is 344 g/mol. The van der Waals surface area contributed by atoms with Crippen LogP contribution >= 0.6 is 11.6 Å². The van der Waals surface area contributed by atoms with E-state index < -0.39 is 9.84 Å². The van der Waals surface area contributed by atoms with Crippen LogP contribution in [-0.4, -0.2) is 26.3 Å². The van der Waals surface area contributed by atoms with Gasteiger partial charge in [-0.2, -0.15) is 0 Å². The summed E-state index contributed by atoms with van der Waals surface area (Å²) in [6.45, 7) is 0. The highest BCUT2D eigenvalue weighted by molar-refractivity contribution is 7.90. The largest absolute Gasteiger partial charge is 0.349 e. The summed E-state index contributed by atoms with van der Waals surface area (Å²) >= 11 is 5.93. The fourth-order valence-electron chi connectivity index (χ4n) is 2.96. The molecular weight excluding hydrogens is 322 g/mol. The number of rotatable bonds is 6. The van der Waals surface area contributed by atoms with Crippen molar-refractivity contribution in [3.05, 3.63) is 34.9 Å².